The lowest BCUT2D eigenvalue weighted by molar-refractivity contribution is 0.122. The maximum Gasteiger partial charge on any atom is 0.000664 e. The van der Waals surface area contributed by atoms with Crippen LogP contribution in [0.3, 0.4) is 0 Å². The molecule has 1 aliphatic carbocycles. The van der Waals surface area contributed by atoms with Gasteiger partial charge >= 0.3 is 0 Å². The average Bonchev–Trinajstić information content (AvgIpc) is 2.85. The molecule has 2 rings (SSSR count). The van der Waals surface area contributed by atoms with E-state index in [0.29, 0.717) is 10.8 Å². The first kappa shape index (κ1) is 14.6. The Balaban J connectivity index is 2.54. The van der Waals surface area contributed by atoms with Gasteiger partial charge in [-0.1, -0.05) is 64.3 Å². The van der Waals surface area contributed by atoms with Crippen LogP contribution in [0.4, 0.5) is 0 Å². The van der Waals surface area contributed by atoms with Gasteiger partial charge in [-0.15, -0.1) is 0 Å². The first-order valence-corrected chi connectivity index (χ1v) is 8.16. The lowest BCUT2D eigenvalue weighted by Crippen LogP contribution is -2.42. The number of aryl methyl sites for hydroxylation is 1. The van der Waals surface area contributed by atoms with Crippen LogP contribution < -0.4 is 0 Å². The van der Waals surface area contributed by atoms with E-state index in [4.69, 9.17) is 0 Å². The zero-order chi connectivity index (χ0) is 13.9. The van der Waals surface area contributed by atoms with E-state index < -0.39 is 0 Å². The van der Waals surface area contributed by atoms with Crippen LogP contribution in [0.5, 0.6) is 0 Å². The highest BCUT2D eigenvalue weighted by Gasteiger charge is 2.48. The quantitative estimate of drug-likeness (QED) is 0.605. The van der Waals surface area contributed by atoms with Crippen LogP contribution in [-0.4, -0.2) is 0 Å². The van der Waals surface area contributed by atoms with Crippen molar-refractivity contribution in [2.75, 3.05) is 0 Å². The molecule has 0 N–H and O–H groups in total. The van der Waals surface area contributed by atoms with Gasteiger partial charge in [0.25, 0.3) is 0 Å². The second-order valence-corrected chi connectivity index (χ2v) is 6.77. The van der Waals surface area contributed by atoms with E-state index in [1.54, 1.807) is 5.56 Å². The SMILES string of the molecule is CCCC(CC)(c1ccccc1C)C1(C)CCCC1. The van der Waals surface area contributed by atoms with Crippen molar-refractivity contribution in [3.8, 4) is 0 Å². The van der Waals surface area contributed by atoms with Crippen LogP contribution in [0.15, 0.2) is 24.3 Å². The van der Waals surface area contributed by atoms with Gasteiger partial charge in [0, 0.05) is 5.41 Å². The summed E-state index contributed by atoms with van der Waals surface area (Å²) in [6.07, 6.45) is 9.58. The summed E-state index contributed by atoms with van der Waals surface area (Å²) in [7, 11) is 0. The molecule has 1 fully saturated rings. The molecule has 0 nitrogen and oxygen atoms in total. The Morgan fingerprint density at radius 3 is 2.26 bits per heavy atom. The highest BCUT2D eigenvalue weighted by atomic mass is 14.5. The Morgan fingerprint density at radius 1 is 1.11 bits per heavy atom. The minimum absolute atomic E-state index is 0.392. The molecule has 0 aliphatic heterocycles. The van der Waals surface area contributed by atoms with E-state index in [0.717, 1.165) is 0 Å². The van der Waals surface area contributed by atoms with Gasteiger partial charge in [0.05, 0.1) is 0 Å². The summed E-state index contributed by atoms with van der Waals surface area (Å²) in [5.41, 5.74) is 4.02. The molecular weight excluding hydrogens is 228 g/mol. The number of rotatable bonds is 5. The molecule has 0 amide bonds. The molecule has 0 aromatic heterocycles. The third-order valence-corrected chi connectivity index (χ3v) is 5.80. The highest BCUT2D eigenvalue weighted by Crippen LogP contribution is 2.56. The second-order valence-electron chi connectivity index (χ2n) is 6.77. The third kappa shape index (κ3) is 2.35. The molecule has 1 aromatic carbocycles. The van der Waals surface area contributed by atoms with Crippen molar-refractivity contribution in [1.29, 1.82) is 0 Å². The topological polar surface area (TPSA) is 0 Å². The number of hydrogen-bond acceptors (Lipinski definition) is 0. The predicted octanol–water partition coefficient (Wildman–Crippen LogP) is 6.02. The fourth-order valence-electron chi connectivity index (χ4n) is 4.73. The standard InChI is InChI=1S/C19H30/c1-5-13-19(6-2,18(4)14-9-10-15-18)17-12-8-7-11-16(17)3/h7-8,11-12H,5-6,9-10,13-15H2,1-4H3. The molecule has 0 saturated heterocycles. The van der Waals surface area contributed by atoms with E-state index in [1.165, 1.54) is 50.5 Å². The smallest absolute Gasteiger partial charge is 0.000664 e. The molecule has 0 bridgehead atoms. The van der Waals surface area contributed by atoms with E-state index in [1.807, 2.05) is 0 Å². The fraction of sp³-hybridized carbons (Fsp3) is 0.684. The van der Waals surface area contributed by atoms with E-state index in [2.05, 4.69) is 52.0 Å². The van der Waals surface area contributed by atoms with Crippen molar-refractivity contribution in [2.45, 2.75) is 78.1 Å². The minimum atomic E-state index is 0.392. The van der Waals surface area contributed by atoms with Crippen molar-refractivity contribution in [3.63, 3.8) is 0 Å². The maximum absolute atomic E-state index is 2.56. The van der Waals surface area contributed by atoms with Crippen LogP contribution >= 0.6 is 0 Å². The summed E-state index contributed by atoms with van der Waals surface area (Å²) in [4.78, 5) is 0. The molecule has 1 saturated carbocycles. The zero-order valence-corrected chi connectivity index (χ0v) is 13.3. The Labute approximate surface area is 119 Å². The Morgan fingerprint density at radius 2 is 1.74 bits per heavy atom. The monoisotopic (exact) mass is 258 g/mol. The van der Waals surface area contributed by atoms with Gasteiger partial charge in [-0.2, -0.15) is 0 Å². The lowest BCUT2D eigenvalue weighted by atomic mass is 9.56. The highest BCUT2D eigenvalue weighted by molar-refractivity contribution is 5.36. The average molecular weight is 258 g/mol. The molecule has 0 radical (unpaired) electrons. The van der Waals surface area contributed by atoms with Gasteiger partial charge in [-0.05, 0) is 49.1 Å². The van der Waals surface area contributed by atoms with Crippen LogP contribution in [0.25, 0.3) is 0 Å². The molecule has 0 heteroatoms. The first-order chi connectivity index (χ1) is 9.09. The molecule has 106 valence electrons. The number of hydrogen-bond donors (Lipinski definition) is 0. The number of benzene rings is 1. The molecule has 1 aromatic rings. The van der Waals surface area contributed by atoms with E-state index >= 15 is 0 Å². The summed E-state index contributed by atoms with van der Waals surface area (Å²) < 4.78 is 0. The van der Waals surface area contributed by atoms with Crippen LogP contribution in [0.1, 0.15) is 76.8 Å². The lowest BCUT2D eigenvalue weighted by Gasteiger charge is -2.48. The molecule has 0 heterocycles. The van der Waals surface area contributed by atoms with Gasteiger partial charge in [0.2, 0.25) is 0 Å². The van der Waals surface area contributed by atoms with Crippen molar-refractivity contribution in [2.24, 2.45) is 5.41 Å². The largest absolute Gasteiger partial charge is 0.0654 e. The summed E-state index contributed by atoms with van der Waals surface area (Å²) in [6.45, 7) is 9.62. The van der Waals surface area contributed by atoms with Gasteiger partial charge in [-0.25, -0.2) is 0 Å². The minimum Gasteiger partial charge on any atom is -0.0654 e. The fourth-order valence-corrected chi connectivity index (χ4v) is 4.73. The summed E-state index contributed by atoms with van der Waals surface area (Å²) in [5.74, 6) is 0. The van der Waals surface area contributed by atoms with Crippen LogP contribution in [0.2, 0.25) is 0 Å². The molecule has 1 aliphatic rings. The van der Waals surface area contributed by atoms with Gasteiger partial charge in [0.1, 0.15) is 0 Å². The van der Waals surface area contributed by atoms with E-state index in [-0.39, 0.29) is 0 Å². The molecule has 19 heavy (non-hydrogen) atoms. The Bertz CT molecular complexity index is 412. The summed E-state index contributed by atoms with van der Waals surface area (Å²) in [6, 6.07) is 9.12. The zero-order valence-electron chi connectivity index (χ0n) is 13.3. The van der Waals surface area contributed by atoms with Gasteiger partial charge < -0.3 is 0 Å². The normalized spacial score (nSPS) is 21.3. The Hall–Kier alpha value is -0.780. The second kappa shape index (κ2) is 5.69. The van der Waals surface area contributed by atoms with Crippen LogP contribution in [0, 0.1) is 12.3 Å². The van der Waals surface area contributed by atoms with Crippen molar-refractivity contribution >= 4 is 0 Å². The van der Waals surface area contributed by atoms with Crippen molar-refractivity contribution in [1.82, 2.24) is 0 Å². The van der Waals surface area contributed by atoms with Crippen molar-refractivity contribution < 1.29 is 0 Å². The maximum atomic E-state index is 2.56. The Kier molecular flexibility index (Phi) is 4.38. The molecule has 0 spiro atoms. The van der Waals surface area contributed by atoms with E-state index in [9.17, 15) is 0 Å². The third-order valence-electron chi connectivity index (χ3n) is 5.80. The van der Waals surface area contributed by atoms with Crippen molar-refractivity contribution in [3.05, 3.63) is 35.4 Å². The summed E-state index contributed by atoms with van der Waals surface area (Å²) >= 11 is 0. The van der Waals surface area contributed by atoms with Crippen LogP contribution in [-0.2, 0) is 5.41 Å². The first-order valence-electron chi connectivity index (χ1n) is 8.16. The molecular formula is C19H30. The summed E-state index contributed by atoms with van der Waals surface area (Å²) in [5, 5.41) is 0. The van der Waals surface area contributed by atoms with Gasteiger partial charge in [-0.3, -0.25) is 0 Å². The van der Waals surface area contributed by atoms with Gasteiger partial charge in [0.15, 0.2) is 0 Å². The molecule has 1 atom stereocenters. The predicted molar refractivity (Wildman–Crippen MR) is 84.6 cm³/mol. The molecule has 1 unspecified atom stereocenters.